The van der Waals surface area contributed by atoms with Crippen molar-refractivity contribution in [1.29, 1.82) is 0 Å². The van der Waals surface area contributed by atoms with Gasteiger partial charge in [0.25, 0.3) is 0 Å². The van der Waals surface area contributed by atoms with Crippen LogP contribution in [0.1, 0.15) is 31.7 Å². The molecule has 0 spiro atoms. The fraction of sp³-hybridized carbons (Fsp3) is 0.467. The van der Waals surface area contributed by atoms with Crippen molar-refractivity contribution in [1.82, 2.24) is 0 Å². The van der Waals surface area contributed by atoms with Crippen LogP contribution < -0.4 is 0 Å². The van der Waals surface area contributed by atoms with Gasteiger partial charge in [0.15, 0.2) is 5.78 Å². The van der Waals surface area contributed by atoms with Crippen molar-refractivity contribution in [2.24, 2.45) is 5.92 Å². The quantitative estimate of drug-likeness (QED) is 0.563. The standard InChI is InChI=1S/C15H19FO3/c1-3-4-8-13(15(18)19-2)14(17)10-11-6-5-7-12(16)9-11/h5-7,9,13H,3-4,8,10H2,1-2H3. The van der Waals surface area contributed by atoms with Gasteiger partial charge in [-0.1, -0.05) is 31.9 Å². The molecule has 1 rings (SSSR count). The van der Waals surface area contributed by atoms with Gasteiger partial charge in [-0.3, -0.25) is 9.59 Å². The molecule has 0 bridgehead atoms. The summed E-state index contributed by atoms with van der Waals surface area (Å²) in [5.41, 5.74) is 0.579. The molecule has 0 fully saturated rings. The summed E-state index contributed by atoms with van der Waals surface area (Å²) < 4.78 is 17.7. The first-order valence-corrected chi connectivity index (χ1v) is 6.43. The zero-order chi connectivity index (χ0) is 14.3. The molecule has 19 heavy (non-hydrogen) atoms. The highest BCUT2D eigenvalue weighted by molar-refractivity contribution is 5.99. The lowest BCUT2D eigenvalue weighted by molar-refractivity contribution is -0.149. The second kappa shape index (κ2) is 7.67. The van der Waals surface area contributed by atoms with Crippen LogP contribution in [-0.2, 0) is 20.7 Å². The Balaban J connectivity index is 2.73. The van der Waals surface area contributed by atoms with E-state index in [4.69, 9.17) is 0 Å². The highest BCUT2D eigenvalue weighted by Crippen LogP contribution is 2.15. The molecule has 4 heteroatoms. The second-order valence-electron chi connectivity index (χ2n) is 4.49. The first kappa shape index (κ1) is 15.3. The van der Waals surface area contributed by atoms with Gasteiger partial charge < -0.3 is 4.74 Å². The summed E-state index contributed by atoms with van der Waals surface area (Å²) in [5, 5.41) is 0. The molecule has 0 N–H and O–H groups in total. The zero-order valence-electron chi connectivity index (χ0n) is 11.3. The van der Waals surface area contributed by atoms with Crippen molar-refractivity contribution in [2.75, 3.05) is 7.11 Å². The van der Waals surface area contributed by atoms with Crippen molar-refractivity contribution in [3.05, 3.63) is 35.6 Å². The minimum absolute atomic E-state index is 0.0568. The van der Waals surface area contributed by atoms with E-state index in [1.165, 1.54) is 19.2 Å². The Bertz CT molecular complexity index is 443. The molecule has 3 nitrogen and oxygen atoms in total. The van der Waals surface area contributed by atoms with E-state index >= 15 is 0 Å². The molecule has 1 aromatic carbocycles. The van der Waals surface area contributed by atoms with E-state index in [-0.39, 0.29) is 18.0 Å². The summed E-state index contributed by atoms with van der Waals surface area (Å²) in [6.45, 7) is 1.99. The number of esters is 1. The molecule has 104 valence electrons. The van der Waals surface area contributed by atoms with Crippen LogP contribution in [0, 0.1) is 11.7 Å². The molecule has 0 radical (unpaired) electrons. The number of rotatable bonds is 7. The maximum atomic E-state index is 13.0. The van der Waals surface area contributed by atoms with Crippen LogP contribution >= 0.6 is 0 Å². The van der Waals surface area contributed by atoms with Gasteiger partial charge in [-0.15, -0.1) is 0 Å². The van der Waals surface area contributed by atoms with Gasteiger partial charge in [0.05, 0.1) is 7.11 Å². The topological polar surface area (TPSA) is 43.4 Å². The van der Waals surface area contributed by atoms with Gasteiger partial charge in [-0.2, -0.15) is 0 Å². The molecule has 1 unspecified atom stereocenters. The molecule has 0 aliphatic rings. The lowest BCUT2D eigenvalue weighted by atomic mass is 9.93. The van der Waals surface area contributed by atoms with Gasteiger partial charge >= 0.3 is 5.97 Å². The van der Waals surface area contributed by atoms with Crippen LogP contribution in [0.25, 0.3) is 0 Å². The Kier molecular flexibility index (Phi) is 6.19. The molecule has 1 atom stereocenters. The Morgan fingerprint density at radius 3 is 2.68 bits per heavy atom. The van der Waals surface area contributed by atoms with Gasteiger partial charge in [-0.05, 0) is 24.1 Å². The summed E-state index contributed by atoms with van der Waals surface area (Å²) in [6, 6.07) is 5.86. The first-order valence-electron chi connectivity index (χ1n) is 6.43. The number of hydrogen-bond donors (Lipinski definition) is 0. The van der Waals surface area contributed by atoms with E-state index < -0.39 is 11.9 Å². The third-order valence-corrected chi connectivity index (χ3v) is 2.99. The third kappa shape index (κ3) is 4.81. The average Bonchev–Trinajstić information content (AvgIpc) is 2.38. The Labute approximate surface area is 112 Å². The number of unbranched alkanes of at least 4 members (excludes halogenated alkanes) is 1. The minimum atomic E-state index is -0.742. The number of carbonyl (C=O) groups is 2. The Hall–Kier alpha value is -1.71. The van der Waals surface area contributed by atoms with E-state index in [1.54, 1.807) is 12.1 Å². The van der Waals surface area contributed by atoms with Crippen molar-refractivity contribution in [2.45, 2.75) is 32.6 Å². The number of benzene rings is 1. The lowest BCUT2D eigenvalue weighted by Crippen LogP contribution is -2.26. The molecule has 0 saturated carbocycles. The molecular formula is C15H19FO3. The SMILES string of the molecule is CCCCC(C(=O)Cc1cccc(F)c1)C(=O)OC. The molecular weight excluding hydrogens is 247 g/mol. The van der Waals surface area contributed by atoms with Crippen LogP contribution in [0.2, 0.25) is 0 Å². The maximum Gasteiger partial charge on any atom is 0.316 e. The molecule has 0 aromatic heterocycles. The number of ether oxygens (including phenoxy) is 1. The van der Waals surface area contributed by atoms with Crippen LogP contribution in [-0.4, -0.2) is 18.9 Å². The van der Waals surface area contributed by atoms with E-state index in [9.17, 15) is 14.0 Å². The number of carbonyl (C=O) groups excluding carboxylic acids is 2. The minimum Gasteiger partial charge on any atom is -0.468 e. The number of halogens is 1. The Morgan fingerprint density at radius 1 is 1.37 bits per heavy atom. The zero-order valence-corrected chi connectivity index (χ0v) is 11.3. The average molecular weight is 266 g/mol. The summed E-state index contributed by atoms with van der Waals surface area (Å²) in [7, 11) is 1.27. The van der Waals surface area contributed by atoms with E-state index in [2.05, 4.69) is 4.74 Å². The van der Waals surface area contributed by atoms with Crippen molar-refractivity contribution in [3.8, 4) is 0 Å². The third-order valence-electron chi connectivity index (χ3n) is 2.99. The van der Waals surface area contributed by atoms with Gasteiger partial charge in [0, 0.05) is 6.42 Å². The van der Waals surface area contributed by atoms with Crippen LogP contribution in [0.5, 0.6) is 0 Å². The molecule has 0 saturated heterocycles. The number of ketones is 1. The largest absolute Gasteiger partial charge is 0.468 e. The van der Waals surface area contributed by atoms with Crippen LogP contribution in [0.3, 0.4) is 0 Å². The van der Waals surface area contributed by atoms with E-state index in [0.29, 0.717) is 12.0 Å². The normalized spacial score (nSPS) is 11.9. The molecule has 0 aliphatic carbocycles. The fourth-order valence-corrected chi connectivity index (χ4v) is 1.93. The number of Topliss-reactive ketones (excluding diaryl/α,β-unsaturated/α-hetero) is 1. The number of methoxy groups -OCH3 is 1. The van der Waals surface area contributed by atoms with Gasteiger partial charge in [0.1, 0.15) is 11.7 Å². The predicted octanol–water partition coefficient (Wildman–Crippen LogP) is 2.92. The first-order chi connectivity index (χ1) is 9.08. The summed E-state index contributed by atoms with van der Waals surface area (Å²) in [6.07, 6.45) is 2.23. The van der Waals surface area contributed by atoms with E-state index in [0.717, 1.165) is 12.8 Å². The van der Waals surface area contributed by atoms with Crippen LogP contribution in [0.15, 0.2) is 24.3 Å². The summed E-state index contributed by atoms with van der Waals surface area (Å²) >= 11 is 0. The molecule has 0 heterocycles. The smallest absolute Gasteiger partial charge is 0.316 e. The van der Waals surface area contributed by atoms with E-state index in [1.807, 2.05) is 6.92 Å². The Morgan fingerprint density at radius 2 is 2.11 bits per heavy atom. The summed E-state index contributed by atoms with van der Waals surface area (Å²) in [4.78, 5) is 23.7. The van der Waals surface area contributed by atoms with Gasteiger partial charge in [-0.25, -0.2) is 4.39 Å². The summed E-state index contributed by atoms with van der Waals surface area (Å²) in [5.74, 6) is -1.84. The molecule has 1 aromatic rings. The maximum absolute atomic E-state index is 13.0. The number of hydrogen-bond acceptors (Lipinski definition) is 3. The van der Waals surface area contributed by atoms with Crippen molar-refractivity contribution >= 4 is 11.8 Å². The highest BCUT2D eigenvalue weighted by atomic mass is 19.1. The lowest BCUT2D eigenvalue weighted by Gasteiger charge is -2.13. The monoisotopic (exact) mass is 266 g/mol. The molecule has 0 amide bonds. The second-order valence-corrected chi connectivity index (χ2v) is 4.49. The van der Waals surface area contributed by atoms with Crippen LogP contribution in [0.4, 0.5) is 4.39 Å². The van der Waals surface area contributed by atoms with Crippen molar-refractivity contribution < 1.29 is 18.7 Å². The molecule has 0 aliphatic heterocycles. The van der Waals surface area contributed by atoms with Gasteiger partial charge in [0.2, 0.25) is 0 Å². The highest BCUT2D eigenvalue weighted by Gasteiger charge is 2.26. The fourth-order valence-electron chi connectivity index (χ4n) is 1.93. The van der Waals surface area contributed by atoms with Crippen molar-refractivity contribution in [3.63, 3.8) is 0 Å². The predicted molar refractivity (Wildman–Crippen MR) is 70.1 cm³/mol.